The largest absolute Gasteiger partial charge is 0.456 e. The minimum atomic E-state index is 0.915. The van der Waals surface area contributed by atoms with E-state index in [0.717, 1.165) is 39.0 Å². The molecule has 0 atom stereocenters. The molecule has 0 unspecified atom stereocenters. The Morgan fingerprint density at radius 2 is 0.911 bits per heavy atom. The van der Waals surface area contributed by atoms with Crippen LogP contribution in [0.3, 0.4) is 0 Å². The summed E-state index contributed by atoms with van der Waals surface area (Å²) in [5, 5.41) is 4.91. The van der Waals surface area contributed by atoms with E-state index in [1.807, 2.05) is 23.5 Å². The van der Waals surface area contributed by atoms with E-state index in [4.69, 9.17) is 4.42 Å². The SMILES string of the molecule is c1ccc(-c2ccc(N(c3ccc(-c4ccc5oc6ccccc6c5c4)cc3)c3ccc4c(c3)sc3ccccc34)cc2)cc1. The molecule has 0 aliphatic carbocycles. The van der Waals surface area contributed by atoms with Crippen LogP contribution in [0.15, 0.2) is 168 Å². The highest BCUT2D eigenvalue weighted by molar-refractivity contribution is 7.25. The Balaban J connectivity index is 1.14. The van der Waals surface area contributed by atoms with Gasteiger partial charge in [-0.3, -0.25) is 0 Å². The van der Waals surface area contributed by atoms with E-state index in [0.29, 0.717) is 0 Å². The van der Waals surface area contributed by atoms with Gasteiger partial charge in [-0.15, -0.1) is 11.3 Å². The number of hydrogen-bond acceptors (Lipinski definition) is 3. The average molecular weight is 594 g/mol. The maximum atomic E-state index is 6.07. The van der Waals surface area contributed by atoms with Crippen molar-refractivity contribution >= 4 is 70.5 Å². The lowest BCUT2D eigenvalue weighted by atomic mass is 10.0. The predicted octanol–water partition coefficient (Wildman–Crippen LogP) is 12.8. The van der Waals surface area contributed by atoms with Gasteiger partial charge in [0.1, 0.15) is 11.2 Å². The van der Waals surface area contributed by atoms with Gasteiger partial charge in [0.25, 0.3) is 0 Å². The summed E-state index contributed by atoms with van der Waals surface area (Å²) in [7, 11) is 0. The molecule has 45 heavy (non-hydrogen) atoms. The molecule has 0 saturated carbocycles. The third kappa shape index (κ3) is 4.48. The van der Waals surface area contributed by atoms with Crippen LogP contribution in [0.2, 0.25) is 0 Å². The van der Waals surface area contributed by atoms with Crippen LogP contribution in [0.5, 0.6) is 0 Å². The maximum absolute atomic E-state index is 6.07. The number of benzene rings is 7. The van der Waals surface area contributed by atoms with Crippen LogP contribution in [0.4, 0.5) is 17.1 Å². The summed E-state index contributed by atoms with van der Waals surface area (Å²) < 4.78 is 8.68. The Morgan fingerprint density at radius 3 is 1.69 bits per heavy atom. The molecule has 3 heteroatoms. The fraction of sp³-hybridized carbons (Fsp3) is 0. The molecule has 0 bridgehead atoms. The van der Waals surface area contributed by atoms with Crippen molar-refractivity contribution in [3.8, 4) is 22.3 Å². The fourth-order valence-electron chi connectivity index (χ4n) is 6.44. The van der Waals surface area contributed by atoms with Crippen LogP contribution in [0.1, 0.15) is 0 Å². The smallest absolute Gasteiger partial charge is 0.135 e. The summed E-state index contributed by atoms with van der Waals surface area (Å²) in [6, 6.07) is 58.6. The van der Waals surface area contributed by atoms with Crippen LogP contribution >= 0.6 is 11.3 Å². The lowest BCUT2D eigenvalue weighted by molar-refractivity contribution is 0.669. The van der Waals surface area contributed by atoms with Crippen molar-refractivity contribution in [1.29, 1.82) is 0 Å². The first kappa shape index (κ1) is 25.8. The quantitative estimate of drug-likeness (QED) is 0.197. The Kier molecular flexibility index (Phi) is 6.03. The molecule has 0 aliphatic rings. The molecule has 9 aromatic rings. The molecule has 0 fully saturated rings. The van der Waals surface area contributed by atoms with Crippen molar-refractivity contribution in [3.05, 3.63) is 164 Å². The number of hydrogen-bond donors (Lipinski definition) is 0. The van der Waals surface area contributed by atoms with Gasteiger partial charge in [0.15, 0.2) is 0 Å². The van der Waals surface area contributed by atoms with E-state index in [1.165, 1.54) is 42.4 Å². The molecule has 212 valence electrons. The van der Waals surface area contributed by atoms with E-state index >= 15 is 0 Å². The van der Waals surface area contributed by atoms with Crippen molar-refractivity contribution in [1.82, 2.24) is 0 Å². The van der Waals surface area contributed by atoms with Gasteiger partial charge in [0.05, 0.1) is 0 Å². The molecule has 7 aromatic carbocycles. The number of thiophene rings is 1. The second-order valence-corrected chi connectivity index (χ2v) is 12.5. The van der Waals surface area contributed by atoms with Crippen LogP contribution < -0.4 is 4.90 Å². The normalized spacial score (nSPS) is 11.6. The van der Waals surface area contributed by atoms with E-state index in [9.17, 15) is 0 Å². The molecular weight excluding hydrogens is 567 g/mol. The molecular formula is C42H27NOS. The van der Waals surface area contributed by atoms with E-state index in [2.05, 4.69) is 157 Å². The molecule has 0 spiro atoms. The number of fused-ring (bicyclic) bond motifs is 6. The van der Waals surface area contributed by atoms with Gasteiger partial charge >= 0.3 is 0 Å². The number of furan rings is 1. The summed E-state index contributed by atoms with van der Waals surface area (Å²) in [6.45, 7) is 0. The monoisotopic (exact) mass is 593 g/mol. The summed E-state index contributed by atoms with van der Waals surface area (Å²) in [4.78, 5) is 2.36. The maximum Gasteiger partial charge on any atom is 0.135 e. The van der Waals surface area contributed by atoms with Crippen molar-refractivity contribution < 1.29 is 4.42 Å². The first-order valence-electron chi connectivity index (χ1n) is 15.2. The number of anilines is 3. The molecule has 0 aliphatic heterocycles. The van der Waals surface area contributed by atoms with Gasteiger partial charge in [-0.25, -0.2) is 0 Å². The van der Waals surface area contributed by atoms with E-state index in [-0.39, 0.29) is 0 Å². The number of para-hydroxylation sites is 1. The van der Waals surface area contributed by atoms with Crippen LogP contribution in [0.25, 0.3) is 64.4 Å². The highest BCUT2D eigenvalue weighted by Crippen LogP contribution is 2.41. The Labute approximate surface area is 265 Å². The fourth-order valence-corrected chi connectivity index (χ4v) is 7.58. The van der Waals surface area contributed by atoms with E-state index in [1.54, 1.807) is 0 Å². The van der Waals surface area contributed by atoms with E-state index < -0.39 is 0 Å². The van der Waals surface area contributed by atoms with Gasteiger partial charge in [-0.2, -0.15) is 0 Å². The number of nitrogens with zero attached hydrogens (tertiary/aromatic N) is 1. The predicted molar refractivity (Wildman–Crippen MR) is 192 cm³/mol. The zero-order valence-electron chi connectivity index (χ0n) is 24.4. The van der Waals surface area contributed by atoms with Gasteiger partial charge in [0, 0.05) is 48.0 Å². The average Bonchev–Trinajstić information content (AvgIpc) is 3.67. The van der Waals surface area contributed by atoms with Gasteiger partial charge < -0.3 is 9.32 Å². The minimum absolute atomic E-state index is 0.915. The molecule has 0 radical (unpaired) electrons. The lowest BCUT2D eigenvalue weighted by Gasteiger charge is -2.26. The highest BCUT2D eigenvalue weighted by atomic mass is 32.1. The first-order chi connectivity index (χ1) is 22.3. The van der Waals surface area contributed by atoms with Gasteiger partial charge in [0.2, 0.25) is 0 Å². The Morgan fingerprint density at radius 1 is 0.356 bits per heavy atom. The minimum Gasteiger partial charge on any atom is -0.456 e. The molecule has 2 heterocycles. The van der Waals surface area contributed by atoms with Crippen molar-refractivity contribution in [2.45, 2.75) is 0 Å². The van der Waals surface area contributed by atoms with Crippen molar-refractivity contribution in [3.63, 3.8) is 0 Å². The number of rotatable bonds is 5. The standard InChI is InChI=1S/C42H27NOS/c1-2-8-28(9-3-1)29-14-19-32(20-15-29)43(34-23-24-37-36-11-5-7-13-41(36)45-42(37)27-34)33-21-16-30(17-22-33)31-18-25-40-38(26-31)35-10-4-6-12-39(35)44-40/h1-27H. The third-order valence-electron chi connectivity index (χ3n) is 8.69. The zero-order valence-corrected chi connectivity index (χ0v) is 25.2. The molecule has 0 N–H and O–H groups in total. The van der Waals surface area contributed by atoms with Crippen molar-refractivity contribution in [2.75, 3.05) is 4.90 Å². The zero-order chi connectivity index (χ0) is 29.7. The second-order valence-electron chi connectivity index (χ2n) is 11.4. The molecule has 9 rings (SSSR count). The van der Waals surface area contributed by atoms with Gasteiger partial charge in [-0.05, 0) is 82.9 Å². The summed E-state index contributed by atoms with van der Waals surface area (Å²) in [6.07, 6.45) is 0. The summed E-state index contributed by atoms with van der Waals surface area (Å²) in [5.74, 6) is 0. The summed E-state index contributed by atoms with van der Waals surface area (Å²) in [5.41, 5.74) is 9.97. The molecule has 0 amide bonds. The topological polar surface area (TPSA) is 16.4 Å². The first-order valence-corrected chi connectivity index (χ1v) is 16.0. The molecule has 2 nitrogen and oxygen atoms in total. The summed E-state index contributed by atoms with van der Waals surface area (Å²) >= 11 is 1.85. The lowest BCUT2D eigenvalue weighted by Crippen LogP contribution is -2.09. The van der Waals surface area contributed by atoms with Crippen molar-refractivity contribution in [2.24, 2.45) is 0 Å². The van der Waals surface area contributed by atoms with Gasteiger partial charge in [-0.1, -0.05) is 103 Å². The molecule has 0 saturated heterocycles. The third-order valence-corrected chi connectivity index (χ3v) is 9.82. The second kappa shape index (κ2) is 10.5. The van der Waals surface area contributed by atoms with Crippen LogP contribution in [0, 0.1) is 0 Å². The molecule has 2 aromatic heterocycles. The Bertz CT molecular complexity index is 2470. The Hall–Kier alpha value is -5.64. The highest BCUT2D eigenvalue weighted by Gasteiger charge is 2.16. The van der Waals surface area contributed by atoms with Crippen LogP contribution in [-0.4, -0.2) is 0 Å². The van der Waals surface area contributed by atoms with Crippen LogP contribution in [-0.2, 0) is 0 Å².